The van der Waals surface area contributed by atoms with Gasteiger partial charge in [-0.1, -0.05) is 12.1 Å². The van der Waals surface area contributed by atoms with E-state index in [1.165, 1.54) is 18.2 Å². The molecule has 0 saturated carbocycles. The third-order valence-corrected chi connectivity index (χ3v) is 2.73. The summed E-state index contributed by atoms with van der Waals surface area (Å²) in [6, 6.07) is 10.9. The molecule has 2 aromatic rings. The van der Waals surface area contributed by atoms with Crippen molar-refractivity contribution in [3.05, 3.63) is 53.8 Å². The molecule has 3 N–H and O–H groups in total. The summed E-state index contributed by atoms with van der Waals surface area (Å²) in [6.07, 6.45) is 0. The van der Waals surface area contributed by atoms with E-state index in [9.17, 15) is 9.18 Å². The van der Waals surface area contributed by atoms with Gasteiger partial charge in [0.1, 0.15) is 11.6 Å². The first-order valence-corrected chi connectivity index (χ1v) is 6.09. The number of carbonyl (C=O) groups is 1. The fourth-order valence-electron chi connectivity index (χ4n) is 1.62. The van der Waals surface area contributed by atoms with Crippen LogP contribution in [0.4, 0.5) is 15.8 Å². The number of aryl methyl sites for hydroxylation is 1. The zero-order chi connectivity index (χ0) is 14.5. The Bertz CT molecular complexity index is 629. The Labute approximate surface area is 116 Å². The van der Waals surface area contributed by atoms with Crippen molar-refractivity contribution in [1.29, 1.82) is 0 Å². The fraction of sp³-hybridized carbons (Fsp3) is 0.133. The fourth-order valence-corrected chi connectivity index (χ4v) is 1.62. The van der Waals surface area contributed by atoms with E-state index in [0.29, 0.717) is 17.1 Å². The minimum atomic E-state index is -0.408. The van der Waals surface area contributed by atoms with Gasteiger partial charge in [0.15, 0.2) is 6.61 Å². The van der Waals surface area contributed by atoms with Crippen LogP contribution in [-0.4, -0.2) is 12.5 Å². The highest BCUT2D eigenvalue weighted by molar-refractivity contribution is 5.92. The predicted octanol–water partition coefficient (Wildman–Crippen LogP) is 2.73. The molecule has 0 spiro atoms. The Morgan fingerprint density at radius 1 is 1.30 bits per heavy atom. The van der Waals surface area contributed by atoms with Crippen LogP contribution in [0.2, 0.25) is 0 Å². The third kappa shape index (κ3) is 3.71. The molecule has 0 aliphatic heterocycles. The van der Waals surface area contributed by atoms with Crippen molar-refractivity contribution in [2.45, 2.75) is 6.92 Å². The highest BCUT2D eigenvalue weighted by Crippen LogP contribution is 2.17. The van der Waals surface area contributed by atoms with Crippen molar-refractivity contribution in [1.82, 2.24) is 0 Å². The molecule has 0 aliphatic rings. The van der Waals surface area contributed by atoms with Gasteiger partial charge in [0.05, 0.1) is 0 Å². The van der Waals surface area contributed by atoms with Crippen LogP contribution >= 0.6 is 0 Å². The van der Waals surface area contributed by atoms with Crippen LogP contribution in [0, 0.1) is 12.7 Å². The summed E-state index contributed by atoms with van der Waals surface area (Å²) in [6.45, 7) is 1.69. The normalized spacial score (nSPS) is 10.1. The molecule has 104 valence electrons. The van der Waals surface area contributed by atoms with Crippen molar-refractivity contribution >= 4 is 17.3 Å². The average Bonchev–Trinajstić information content (AvgIpc) is 2.41. The molecule has 0 aromatic heterocycles. The van der Waals surface area contributed by atoms with Gasteiger partial charge >= 0.3 is 0 Å². The summed E-state index contributed by atoms with van der Waals surface area (Å²) in [5, 5.41) is 2.66. The molecular weight excluding hydrogens is 259 g/mol. The number of anilines is 2. The topological polar surface area (TPSA) is 64.3 Å². The highest BCUT2D eigenvalue weighted by Gasteiger charge is 2.05. The molecule has 0 aliphatic carbocycles. The van der Waals surface area contributed by atoms with E-state index in [4.69, 9.17) is 10.5 Å². The van der Waals surface area contributed by atoms with E-state index in [0.717, 1.165) is 5.56 Å². The van der Waals surface area contributed by atoms with Crippen LogP contribution in [0.3, 0.4) is 0 Å². The molecule has 0 fully saturated rings. The summed E-state index contributed by atoms with van der Waals surface area (Å²) in [7, 11) is 0. The molecule has 2 aromatic carbocycles. The van der Waals surface area contributed by atoms with Crippen LogP contribution < -0.4 is 15.8 Å². The molecule has 4 nitrogen and oxygen atoms in total. The molecule has 0 atom stereocenters. The first-order valence-electron chi connectivity index (χ1n) is 6.09. The molecule has 0 bridgehead atoms. The first kappa shape index (κ1) is 13.9. The van der Waals surface area contributed by atoms with E-state index < -0.39 is 5.82 Å². The Kier molecular flexibility index (Phi) is 4.20. The molecular formula is C15H15FN2O2. The van der Waals surface area contributed by atoms with E-state index in [1.807, 2.05) is 13.0 Å². The lowest BCUT2D eigenvalue weighted by molar-refractivity contribution is -0.118. The predicted molar refractivity (Wildman–Crippen MR) is 76.1 cm³/mol. The molecule has 0 radical (unpaired) electrons. The van der Waals surface area contributed by atoms with Gasteiger partial charge in [-0.2, -0.15) is 0 Å². The SMILES string of the molecule is Cc1ccc(NC(=O)COc2cccc(F)c2)cc1N. The Morgan fingerprint density at radius 3 is 2.80 bits per heavy atom. The van der Waals surface area contributed by atoms with Crippen LogP contribution in [0.25, 0.3) is 0 Å². The maximum Gasteiger partial charge on any atom is 0.262 e. The number of amides is 1. The highest BCUT2D eigenvalue weighted by atomic mass is 19.1. The quantitative estimate of drug-likeness (QED) is 0.842. The number of rotatable bonds is 4. The number of nitrogens with one attached hydrogen (secondary N) is 1. The summed E-state index contributed by atoms with van der Waals surface area (Å²) in [5.41, 5.74) is 7.90. The van der Waals surface area contributed by atoms with Crippen LogP contribution in [-0.2, 0) is 4.79 Å². The molecule has 2 rings (SSSR count). The number of nitrogens with two attached hydrogens (primary N) is 1. The van der Waals surface area contributed by atoms with Gasteiger partial charge in [-0.3, -0.25) is 4.79 Å². The molecule has 20 heavy (non-hydrogen) atoms. The lowest BCUT2D eigenvalue weighted by atomic mass is 10.2. The van der Waals surface area contributed by atoms with E-state index >= 15 is 0 Å². The smallest absolute Gasteiger partial charge is 0.262 e. The van der Waals surface area contributed by atoms with Crippen molar-refractivity contribution in [2.75, 3.05) is 17.7 Å². The zero-order valence-electron chi connectivity index (χ0n) is 11.0. The van der Waals surface area contributed by atoms with Gasteiger partial charge < -0.3 is 15.8 Å². The minimum Gasteiger partial charge on any atom is -0.484 e. The van der Waals surface area contributed by atoms with Crippen LogP contribution in [0.1, 0.15) is 5.56 Å². The number of nitrogen functional groups attached to an aromatic ring is 1. The van der Waals surface area contributed by atoms with Gasteiger partial charge in [-0.05, 0) is 36.8 Å². The van der Waals surface area contributed by atoms with Gasteiger partial charge in [-0.15, -0.1) is 0 Å². The second-order valence-electron chi connectivity index (χ2n) is 4.37. The second-order valence-corrected chi connectivity index (χ2v) is 4.37. The molecule has 0 saturated heterocycles. The maximum atomic E-state index is 12.9. The van der Waals surface area contributed by atoms with Crippen LogP contribution in [0.15, 0.2) is 42.5 Å². The van der Waals surface area contributed by atoms with Gasteiger partial charge in [-0.25, -0.2) is 4.39 Å². The van der Waals surface area contributed by atoms with Crippen LogP contribution in [0.5, 0.6) is 5.75 Å². The van der Waals surface area contributed by atoms with Gasteiger partial charge in [0.25, 0.3) is 5.91 Å². The monoisotopic (exact) mass is 274 g/mol. The molecule has 5 heteroatoms. The number of hydrogen-bond donors (Lipinski definition) is 2. The van der Waals surface area contributed by atoms with Crippen molar-refractivity contribution in [2.24, 2.45) is 0 Å². The lowest BCUT2D eigenvalue weighted by Crippen LogP contribution is -2.20. The summed E-state index contributed by atoms with van der Waals surface area (Å²) < 4.78 is 18.1. The number of benzene rings is 2. The minimum absolute atomic E-state index is 0.197. The number of halogens is 1. The first-order chi connectivity index (χ1) is 9.54. The standard InChI is InChI=1S/C15H15FN2O2/c1-10-5-6-12(8-14(10)17)18-15(19)9-20-13-4-2-3-11(16)7-13/h2-8H,9,17H2,1H3,(H,18,19). The Balaban J connectivity index is 1.91. The van der Waals surface area contributed by atoms with E-state index in [-0.39, 0.29) is 12.5 Å². The summed E-state index contributed by atoms with van der Waals surface area (Å²) >= 11 is 0. The van der Waals surface area contributed by atoms with Gasteiger partial charge in [0.2, 0.25) is 0 Å². The summed E-state index contributed by atoms with van der Waals surface area (Å²) in [4.78, 5) is 11.7. The number of carbonyl (C=O) groups excluding carboxylic acids is 1. The van der Waals surface area contributed by atoms with Crippen molar-refractivity contribution < 1.29 is 13.9 Å². The third-order valence-electron chi connectivity index (χ3n) is 2.73. The zero-order valence-corrected chi connectivity index (χ0v) is 11.0. The Morgan fingerprint density at radius 2 is 2.10 bits per heavy atom. The van der Waals surface area contributed by atoms with Crippen molar-refractivity contribution in [3.63, 3.8) is 0 Å². The summed E-state index contributed by atoms with van der Waals surface area (Å²) in [5.74, 6) is -0.435. The van der Waals surface area contributed by atoms with Gasteiger partial charge in [0, 0.05) is 17.4 Å². The molecule has 1 amide bonds. The largest absolute Gasteiger partial charge is 0.484 e. The van der Waals surface area contributed by atoms with E-state index in [2.05, 4.69) is 5.32 Å². The lowest BCUT2D eigenvalue weighted by Gasteiger charge is -2.09. The molecule has 0 heterocycles. The average molecular weight is 274 g/mol. The second kappa shape index (κ2) is 6.06. The number of hydrogen-bond acceptors (Lipinski definition) is 3. The number of ether oxygens (including phenoxy) is 1. The van der Waals surface area contributed by atoms with E-state index in [1.54, 1.807) is 18.2 Å². The van der Waals surface area contributed by atoms with Crippen molar-refractivity contribution in [3.8, 4) is 5.75 Å². The maximum absolute atomic E-state index is 12.9. The Hall–Kier alpha value is -2.56. The molecule has 0 unspecified atom stereocenters.